The fourth-order valence-electron chi connectivity index (χ4n) is 6.04. The minimum absolute atomic E-state index is 0.161. The number of para-hydroxylation sites is 2. The number of Topliss-reactive ketones (excluding diaryl/α,β-unsaturated/α-hetero) is 1. The SMILES string of the molecule is CC1CCCCN1CCNC(=O)c1ccc(C(=O)C2Oc3ccccc3N(CC3CCCCC3)C2=O)cc1. The summed E-state index contributed by atoms with van der Waals surface area (Å²) < 4.78 is 5.95. The molecule has 0 spiro atoms. The summed E-state index contributed by atoms with van der Waals surface area (Å²) in [5.41, 5.74) is 1.59. The monoisotopic (exact) mass is 517 g/mol. The van der Waals surface area contributed by atoms with E-state index in [0.29, 0.717) is 41.9 Å². The number of carbonyl (C=O) groups is 3. The van der Waals surface area contributed by atoms with Gasteiger partial charge in [0.2, 0.25) is 11.9 Å². The van der Waals surface area contributed by atoms with E-state index in [4.69, 9.17) is 4.74 Å². The van der Waals surface area contributed by atoms with Crippen LogP contribution in [0.1, 0.15) is 79.0 Å². The summed E-state index contributed by atoms with van der Waals surface area (Å²) in [6.45, 7) is 5.36. The van der Waals surface area contributed by atoms with E-state index in [1.54, 1.807) is 29.2 Å². The quantitative estimate of drug-likeness (QED) is 0.400. The number of ketones is 1. The van der Waals surface area contributed by atoms with E-state index >= 15 is 0 Å². The number of hydrogen-bond acceptors (Lipinski definition) is 5. The average Bonchev–Trinajstić information content (AvgIpc) is 2.95. The van der Waals surface area contributed by atoms with E-state index in [1.807, 2.05) is 24.3 Å². The first-order valence-corrected chi connectivity index (χ1v) is 14.2. The van der Waals surface area contributed by atoms with Gasteiger partial charge in [-0.2, -0.15) is 0 Å². The van der Waals surface area contributed by atoms with Crippen molar-refractivity contribution >= 4 is 23.3 Å². The molecular formula is C31H39N3O4. The van der Waals surface area contributed by atoms with Gasteiger partial charge in [-0.15, -0.1) is 0 Å². The molecule has 2 aliphatic heterocycles. The molecule has 3 aliphatic rings. The highest BCUT2D eigenvalue weighted by molar-refractivity contribution is 6.18. The molecule has 7 nitrogen and oxygen atoms in total. The lowest BCUT2D eigenvalue weighted by molar-refractivity contribution is -0.124. The number of hydrogen-bond donors (Lipinski definition) is 1. The van der Waals surface area contributed by atoms with E-state index in [1.165, 1.54) is 38.5 Å². The predicted octanol–water partition coefficient (Wildman–Crippen LogP) is 4.85. The third-order valence-electron chi connectivity index (χ3n) is 8.35. The van der Waals surface area contributed by atoms with E-state index in [0.717, 1.165) is 31.6 Å². The van der Waals surface area contributed by atoms with Crippen molar-refractivity contribution in [3.8, 4) is 5.75 Å². The lowest BCUT2D eigenvalue weighted by Gasteiger charge is -2.36. The first-order valence-electron chi connectivity index (χ1n) is 14.2. The second kappa shape index (κ2) is 12.1. The Kier molecular flexibility index (Phi) is 8.42. The predicted molar refractivity (Wildman–Crippen MR) is 148 cm³/mol. The molecule has 5 rings (SSSR count). The molecule has 0 bridgehead atoms. The number of carbonyl (C=O) groups excluding carboxylic acids is 3. The largest absolute Gasteiger partial charge is 0.470 e. The topological polar surface area (TPSA) is 79.0 Å². The van der Waals surface area contributed by atoms with Crippen LogP contribution in [-0.2, 0) is 4.79 Å². The minimum atomic E-state index is -1.22. The van der Waals surface area contributed by atoms with E-state index in [-0.39, 0.29) is 17.6 Å². The summed E-state index contributed by atoms with van der Waals surface area (Å²) in [4.78, 5) is 43.8. The maximum atomic E-state index is 13.5. The second-order valence-electron chi connectivity index (χ2n) is 11.0. The molecule has 1 saturated carbocycles. The van der Waals surface area contributed by atoms with Gasteiger partial charge in [0.25, 0.3) is 11.8 Å². The molecule has 2 aromatic carbocycles. The van der Waals surface area contributed by atoms with Crippen molar-refractivity contribution < 1.29 is 19.1 Å². The van der Waals surface area contributed by atoms with Crippen molar-refractivity contribution in [2.45, 2.75) is 70.4 Å². The molecule has 2 unspecified atom stereocenters. The highest BCUT2D eigenvalue weighted by atomic mass is 16.5. The normalized spacial score (nSPS) is 22.4. The highest BCUT2D eigenvalue weighted by Gasteiger charge is 2.40. The summed E-state index contributed by atoms with van der Waals surface area (Å²) in [6.07, 6.45) is 8.30. The van der Waals surface area contributed by atoms with Crippen LogP contribution in [0.15, 0.2) is 48.5 Å². The van der Waals surface area contributed by atoms with Crippen molar-refractivity contribution in [1.29, 1.82) is 0 Å². The lowest BCUT2D eigenvalue weighted by Crippen LogP contribution is -2.51. The first-order chi connectivity index (χ1) is 18.5. The third-order valence-corrected chi connectivity index (χ3v) is 8.35. The second-order valence-corrected chi connectivity index (χ2v) is 11.0. The van der Waals surface area contributed by atoms with Crippen LogP contribution in [0.2, 0.25) is 0 Å². The van der Waals surface area contributed by atoms with Gasteiger partial charge in [0.1, 0.15) is 5.75 Å². The van der Waals surface area contributed by atoms with Crippen LogP contribution in [-0.4, -0.2) is 60.8 Å². The molecule has 38 heavy (non-hydrogen) atoms. The summed E-state index contributed by atoms with van der Waals surface area (Å²) in [6, 6.07) is 14.5. The van der Waals surface area contributed by atoms with Gasteiger partial charge in [0.15, 0.2) is 0 Å². The maximum Gasteiger partial charge on any atom is 0.276 e. The zero-order chi connectivity index (χ0) is 26.5. The highest BCUT2D eigenvalue weighted by Crippen LogP contribution is 2.36. The summed E-state index contributed by atoms with van der Waals surface area (Å²) in [5, 5.41) is 2.99. The van der Waals surface area contributed by atoms with Gasteiger partial charge in [-0.05, 0) is 69.3 Å². The summed E-state index contributed by atoms with van der Waals surface area (Å²) in [7, 11) is 0. The van der Waals surface area contributed by atoms with Crippen molar-refractivity contribution in [3.63, 3.8) is 0 Å². The third kappa shape index (κ3) is 5.93. The van der Waals surface area contributed by atoms with Crippen molar-refractivity contribution in [2.24, 2.45) is 5.92 Å². The van der Waals surface area contributed by atoms with Gasteiger partial charge in [-0.25, -0.2) is 0 Å². The molecule has 1 saturated heterocycles. The molecular weight excluding hydrogens is 478 g/mol. The minimum Gasteiger partial charge on any atom is -0.470 e. The number of likely N-dealkylation sites (tertiary alicyclic amines) is 1. The molecule has 1 N–H and O–H groups in total. The van der Waals surface area contributed by atoms with Crippen LogP contribution in [0.4, 0.5) is 5.69 Å². The Balaban J connectivity index is 1.23. The molecule has 202 valence electrons. The molecule has 2 heterocycles. The Bertz CT molecular complexity index is 1140. The molecule has 0 radical (unpaired) electrons. The molecule has 2 aromatic rings. The summed E-state index contributed by atoms with van der Waals surface area (Å²) >= 11 is 0. The zero-order valence-electron chi connectivity index (χ0n) is 22.4. The Morgan fingerprint density at radius 1 is 0.921 bits per heavy atom. The number of nitrogens with one attached hydrogen (secondary N) is 1. The van der Waals surface area contributed by atoms with E-state index in [9.17, 15) is 14.4 Å². The van der Waals surface area contributed by atoms with E-state index < -0.39 is 6.10 Å². The van der Waals surface area contributed by atoms with Crippen LogP contribution >= 0.6 is 0 Å². The molecule has 2 fully saturated rings. The van der Waals surface area contributed by atoms with Crippen LogP contribution < -0.4 is 15.0 Å². The number of piperidine rings is 1. The molecule has 0 aromatic heterocycles. The van der Waals surface area contributed by atoms with Crippen LogP contribution in [0.25, 0.3) is 0 Å². The maximum absolute atomic E-state index is 13.5. The number of ether oxygens (including phenoxy) is 1. The van der Waals surface area contributed by atoms with Gasteiger partial charge in [-0.1, -0.05) is 49.9 Å². The van der Waals surface area contributed by atoms with Gasteiger partial charge in [-0.3, -0.25) is 19.3 Å². The number of benzene rings is 2. The van der Waals surface area contributed by atoms with Gasteiger partial charge >= 0.3 is 0 Å². The van der Waals surface area contributed by atoms with Crippen LogP contribution in [0.5, 0.6) is 5.75 Å². The Morgan fingerprint density at radius 2 is 1.63 bits per heavy atom. The Hall–Kier alpha value is -3.19. The average molecular weight is 518 g/mol. The molecule has 2 amide bonds. The number of amides is 2. The summed E-state index contributed by atoms with van der Waals surface area (Å²) in [5.74, 6) is 0.134. The first kappa shape index (κ1) is 26.4. The molecule has 7 heteroatoms. The van der Waals surface area contributed by atoms with E-state index in [2.05, 4.69) is 17.1 Å². The van der Waals surface area contributed by atoms with Gasteiger partial charge < -0.3 is 15.0 Å². The molecule has 1 aliphatic carbocycles. The zero-order valence-corrected chi connectivity index (χ0v) is 22.4. The van der Waals surface area contributed by atoms with Gasteiger partial charge in [0, 0.05) is 36.8 Å². The van der Waals surface area contributed by atoms with Crippen LogP contribution in [0, 0.1) is 5.92 Å². The van der Waals surface area contributed by atoms with Crippen LogP contribution in [0.3, 0.4) is 0 Å². The van der Waals surface area contributed by atoms with Crippen molar-refractivity contribution in [3.05, 3.63) is 59.7 Å². The standard InChI is InChI=1S/C31H39N3O4/c1-22-9-7-8-19-33(22)20-18-32-30(36)25-16-14-24(15-17-25)28(35)29-31(37)34(21-23-10-3-2-4-11-23)26-12-5-6-13-27(26)38-29/h5-6,12-17,22-23,29H,2-4,7-11,18-21H2,1H3,(H,32,36). The molecule has 2 atom stereocenters. The Labute approximate surface area is 225 Å². The fourth-order valence-corrected chi connectivity index (χ4v) is 6.04. The lowest BCUT2D eigenvalue weighted by atomic mass is 9.88. The van der Waals surface area contributed by atoms with Crippen molar-refractivity contribution in [2.75, 3.05) is 31.1 Å². The van der Waals surface area contributed by atoms with Gasteiger partial charge in [0.05, 0.1) is 5.69 Å². The smallest absolute Gasteiger partial charge is 0.276 e. The van der Waals surface area contributed by atoms with Crippen molar-refractivity contribution in [1.82, 2.24) is 10.2 Å². The fraction of sp³-hybridized carbons (Fsp3) is 0.516. The number of fused-ring (bicyclic) bond motifs is 1. The number of rotatable bonds is 8. The Morgan fingerprint density at radius 3 is 2.39 bits per heavy atom. The number of anilines is 1. The number of nitrogens with zero attached hydrogens (tertiary/aromatic N) is 2.